The van der Waals surface area contributed by atoms with Crippen molar-refractivity contribution >= 4 is 5.97 Å². The molecule has 4 aliphatic rings. The van der Waals surface area contributed by atoms with Crippen LogP contribution in [0.5, 0.6) is 0 Å². The summed E-state index contributed by atoms with van der Waals surface area (Å²) in [6.45, 7) is 9.62. The highest BCUT2D eigenvalue weighted by atomic mass is 16.7. The maximum absolute atomic E-state index is 12.7. The molecule has 3 nitrogen and oxygen atoms in total. The van der Waals surface area contributed by atoms with Gasteiger partial charge in [-0.1, -0.05) is 27.2 Å². The summed E-state index contributed by atoms with van der Waals surface area (Å²) in [7, 11) is 0. The van der Waals surface area contributed by atoms with Crippen molar-refractivity contribution in [3.63, 3.8) is 0 Å². The van der Waals surface area contributed by atoms with Crippen LogP contribution in [0.4, 0.5) is 0 Å². The SMILES string of the molecule is CCCCOC(C)OC(=O)C1CC2CC1C1C3CC(C(C)C3C)C21. The normalized spacial score (nSPS) is 49.4. The molecule has 10 atom stereocenters. The van der Waals surface area contributed by atoms with Crippen LogP contribution >= 0.6 is 0 Å². The maximum Gasteiger partial charge on any atom is 0.311 e. The lowest BCUT2D eigenvalue weighted by atomic mass is 9.62. The summed E-state index contributed by atoms with van der Waals surface area (Å²) in [5.41, 5.74) is 0. The van der Waals surface area contributed by atoms with Gasteiger partial charge in [-0.2, -0.15) is 0 Å². The molecule has 0 radical (unpaired) electrons. The molecule has 10 unspecified atom stereocenters. The highest BCUT2D eigenvalue weighted by Crippen LogP contribution is 2.71. The number of carbonyl (C=O) groups excluding carboxylic acids is 1. The van der Waals surface area contributed by atoms with Crippen LogP contribution in [-0.2, 0) is 14.3 Å². The molecule has 0 amide bonds. The van der Waals surface area contributed by atoms with Crippen molar-refractivity contribution in [1.29, 1.82) is 0 Å². The minimum absolute atomic E-state index is 0.0217. The van der Waals surface area contributed by atoms with Crippen molar-refractivity contribution in [2.45, 2.75) is 66.1 Å². The highest BCUT2D eigenvalue weighted by molar-refractivity contribution is 5.73. The Morgan fingerprint density at radius 1 is 1.04 bits per heavy atom. The number of carbonyl (C=O) groups is 1. The quantitative estimate of drug-likeness (QED) is 0.310. The van der Waals surface area contributed by atoms with Gasteiger partial charge in [0, 0.05) is 0 Å². The Morgan fingerprint density at radius 2 is 1.75 bits per heavy atom. The van der Waals surface area contributed by atoms with E-state index in [4.69, 9.17) is 9.47 Å². The van der Waals surface area contributed by atoms with Gasteiger partial charge in [-0.3, -0.25) is 4.79 Å². The molecular weight excluding hydrogens is 300 g/mol. The number of hydrogen-bond donors (Lipinski definition) is 0. The van der Waals surface area contributed by atoms with Crippen molar-refractivity contribution in [3.8, 4) is 0 Å². The number of unbranched alkanes of at least 4 members (excludes halogenated alkanes) is 1. The Labute approximate surface area is 146 Å². The first kappa shape index (κ1) is 16.9. The first-order valence-corrected chi connectivity index (χ1v) is 10.3. The molecule has 0 aromatic carbocycles. The number of esters is 1. The maximum atomic E-state index is 12.7. The molecule has 0 aromatic heterocycles. The van der Waals surface area contributed by atoms with Crippen LogP contribution in [0.2, 0.25) is 0 Å². The van der Waals surface area contributed by atoms with Crippen molar-refractivity contribution in [1.82, 2.24) is 0 Å². The van der Waals surface area contributed by atoms with Crippen LogP contribution in [-0.4, -0.2) is 18.9 Å². The Balaban J connectivity index is 1.37. The zero-order chi connectivity index (χ0) is 17.0. The Kier molecular flexibility index (Phi) is 4.43. The van der Waals surface area contributed by atoms with E-state index in [0.717, 1.165) is 60.7 Å². The van der Waals surface area contributed by atoms with E-state index in [1.807, 2.05) is 6.92 Å². The Bertz CT molecular complexity index is 489. The van der Waals surface area contributed by atoms with Crippen LogP contribution in [0.3, 0.4) is 0 Å². The molecular formula is C21H34O3. The predicted octanol–water partition coefficient (Wildman–Crippen LogP) is 4.50. The molecule has 4 aliphatic carbocycles. The molecule has 0 aromatic rings. The molecule has 4 rings (SSSR count). The lowest BCUT2D eigenvalue weighted by Gasteiger charge is -2.43. The predicted molar refractivity (Wildman–Crippen MR) is 93.0 cm³/mol. The molecule has 24 heavy (non-hydrogen) atoms. The Morgan fingerprint density at radius 3 is 2.46 bits per heavy atom. The van der Waals surface area contributed by atoms with Gasteiger partial charge >= 0.3 is 5.97 Å². The molecule has 4 saturated carbocycles. The molecule has 136 valence electrons. The molecule has 3 heteroatoms. The van der Waals surface area contributed by atoms with Gasteiger partial charge in [-0.15, -0.1) is 0 Å². The van der Waals surface area contributed by atoms with Crippen LogP contribution in [0.15, 0.2) is 0 Å². The summed E-state index contributed by atoms with van der Waals surface area (Å²) >= 11 is 0. The third-order valence-corrected chi connectivity index (χ3v) is 8.28. The van der Waals surface area contributed by atoms with E-state index >= 15 is 0 Å². The number of rotatable bonds is 6. The summed E-state index contributed by atoms with van der Waals surface area (Å²) < 4.78 is 11.3. The second-order valence-electron chi connectivity index (χ2n) is 9.17. The number of ether oxygens (including phenoxy) is 2. The molecule has 0 spiro atoms. The van der Waals surface area contributed by atoms with E-state index in [1.54, 1.807) is 0 Å². The first-order valence-electron chi connectivity index (χ1n) is 10.3. The van der Waals surface area contributed by atoms with Gasteiger partial charge in [0.1, 0.15) is 0 Å². The molecule has 0 N–H and O–H groups in total. The van der Waals surface area contributed by atoms with E-state index in [0.29, 0.717) is 12.5 Å². The fraction of sp³-hybridized carbons (Fsp3) is 0.952. The highest BCUT2D eigenvalue weighted by Gasteiger charge is 2.66. The van der Waals surface area contributed by atoms with E-state index in [9.17, 15) is 4.79 Å². The van der Waals surface area contributed by atoms with Crippen molar-refractivity contribution in [2.75, 3.05) is 6.61 Å². The largest absolute Gasteiger partial charge is 0.436 e. The zero-order valence-corrected chi connectivity index (χ0v) is 15.7. The van der Waals surface area contributed by atoms with Crippen molar-refractivity contribution in [2.24, 2.45) is 53.3 Å². The van der Waals surface area contributed by atoms with Crippen LogP contribution in [0, 0.1) is 53.3 Å². The molecule has 0 saturated heterocycles. The van der Waals surface area contributed by atoms with Gasteiger partial charge in [-0.05, 0) is 80.0 Å². The van der Waals surface area contributed by atoms with E-state index in [-0.39, 0.29) is 11.9 Å². The first-order chi connectivity index (χ1) is 11.5. The number of hydrogen-bond acceptors (Lipinski definition) is 3. The lowest BCUT2D eigenvalue weighted by molar-refractivity contribution is -0.183. The smallest absolute Gasteiger partial charge is 0.311 e. The minimum atomic E-state index is -0.391. The second kappa shape index (κ2) is 6.30. The van der Waals surface area contributed by atoms with Gasteiger partial charge in [0.15, 0.2) is 6.29 Å². The topological polar surface area (TPSA) is 35.5 Å². The molecule has 0 aliphatic heterocycles. The minimum Gasteiger partial charge on any atom is -0.436 e. The van der Waals surface area contributed by atoms with Crippen LogP contribution in [0.25, 0.3) is 0 Å². The van der Waals surface area contributed by atoms with Crippen molar-refractivity contribution in [3.05, 3.63) is 0 Å². The summed E-state index contributed by atoms with van der Waals surface area (Å²) in [6, 6.07) is 0. The average Bonchev–Trinajstić information content (AvgIpc) is 3.27. The van der Waals surface area contributed by atoms with Gasteiger partial charge in [-0.25, -0.2) is 0 Å². The third-order valence-electron chi connectivity index (χ3n) is 8.28. The molecule has 0 heterocycles. The fourth-order valence-electron chi connectivity index (χ4n) is 7.18. The zero-order valence-electron chi connectivity index (χ0n) is 15.7. The van der Waals surface area contributed by atoms with E-state index in [2.05, 4.69) is 20.8 Å². The molecule has 4 bridgehead atoms. The summed E-state index contributed by atoms with van der Waals surface area (Å²) in [4.78, 5) is 12.7. The van der Waals surface area contributed by atoms with Gasteiger partial charge in [0.05, 0.1) is 12.5 Å². The number of fused-ring (bicyclic) bond motifs is 9. The average molecular weight is 334 g/mol. The fourth-order valence-corrected chi connectivity index (χ4v) is 7.18. The van der Waals surface area contributed by atoms with E-state index < -0.39 is 6.29 Å². The van der Waals surface area contributed by atoms with Crippen LogP contribution in [0.1, 0.15) is 59.8 Å². The van der Waals surface area contributed by atoms with Crippen LogP contribution < -0.4 is 0 Å². The van der Waals surface area contributed by atoms with E-state index in [1.165, 1.54) is 12.8 Å². The van der Waals surface area contributed by atoms with Gasteiger partial charge in [0.25, 0.3) is 0 Å². The van der Waals surface area contributed by atoms with Gasteiger partial charge in [0.2, 0.25) is 0 Å². The summed E-state index contributed by atoms with van der Waals surface area (Å²) in [5.74, 6) is 6.86. The lowest BCUT2D eigenvalue weighted by Crippen LogP contribution is -2.41. The third kappa shape index (κ3) is 2.45. The monoisotopic (exact) mass is 334 g/mol. The standard InChI is InChI=1S/C21H34O3/c1-5-6-7-23-13(4)24-21(22)18-9-14-8-17(18)20-16-10-15(19(14)20)11(2)12(16)3/h11-20H,5-10H2,1-4H3. The second-order valence-corrected chi connectivity index (χ2v) is 9.17. The van der Waals surface area contributed by atoms with Crippen molar-refractivity contribution < 1.29 is 14.3 Å². The Hall–Kier alpha value is -0.570. The summed E-state index contributed by atoms with van der Waals surface area (Å²) in [5, 5.41) is 0. The summed E-state index contributed by atoms with van der Waals surface area (Å²) in [6.07, 6.45) is 5.54. The van der Waals surface area contributed by atoms with Gasteiger partial charge < -0.3 is 9.47 Å². The molecule has 4 fully saturated rings.